The number of anilines is 2. The maximum absolute atomic E-state index is 13.1. The normalized spacial score (nSPS) is 29.0. The largest absolute Gasteiger partial charge is 0.383 e. The number of carbonyl (C=O) groups excluding carboxylic acids is 1. The van der Waals surface area contributed by atoms with Crippen LogP contribution in [0.1, 0.15) is 55.8 Å². The number of nitro groups is 1. The lowest BCUT2D eigenvalue weighted by Gasteiger charge is -2.28. The Morgan fingerprint density at radius 3 is 2.29 bits per heavy atom. The van der Waals surface area contributed by atoms with Crippen LogP contribution in [-0.2, 0) is 0 Å². The predicted octanol–water partition coefficient (Wildman–Crippen LogP) is 3.79. The van der Waals surface area contributed by atoms with Crippen molar-refractivity contribution >= 4 is 23.0 Å². The van der Waals surface area contributed by atoms with E-state index < -0.39 is 4.92 Å². The topological polar surface area (TPSA) is 87.5 Å². The van der Waals surface area contributed by atoms with Crippen LogP contribution in [0.4, 0.5) is 17.1 Å². The fourth-order valence-electron chi connectivity index (χ4n) is 5.00. The Bertz CT molecular complexity index is 761. The molecule has 0 spiro atoms. The molecule has 3 aliphatic rings. The van der Waals surface area contributed by atoms with Crippen molar-refractivity contribution in [2.24, 2.45) is 17.8 Å². The summed E-state index contributed by atoms with van der Waals surface area (Å²) in [6.45, 7) is 4.12. The molecule has 3 fully saturated rings. The zero-order chi connectivity index (χ0) is 19.8. The quantitative estimate of drug-likeness (QED) is 0.594. The average molecular weight is 386 g/mol. The highest BCUT2D eigenvalue weighted by molar-refractivity contribution is 6.02. The number of hydrogen-bond donors (Lipinski definition) is 2. The Kier molecular flexibility index (Phi) is 5.17. The van der Waals surface area contributed by atoms with E-state index in [-0.39, 0.29) is 17.6 Å². The van der Waals surface area contributed by atoms with Crippen molar-refractivity contribution in [3.8, 4) is 0 Å². The fourth-order valence-corrected chi connectivity index (χ4v) is 5.00. The number of fused-ring (bicyclic) bond motifs is 1. The third-order valence-corrected chi connectivity index (χ3v) is 7.00. The maximum Gasteiger partial charge on any atom is 0.293 e. The van der Waals surface area contributed by atoms with E-state index in [1.807, 2.05) is 0 Å². The number of nitro benzene ring substituents is 1. The predicted molar refractivity (Wildman–Crippen MR) is 110 cm³/mol. The van der Waals surface area contributed by atoms with Gasteiger partial charge in [-0.25, -0.2) is 0 Å². The van der Waals surface area contributed by atoms with Gasteiger partial charge in [0.05, 0.1) is 16.2 Å². The first-order valence-electron chi connectivity index (χ1n) is 10.5. The Labute approximate surface area is 166 Å². The molecule has 0 bridgehead atoms. The number of amides is 1. The summed E-state index contributed by atoms with van der Waals surface area (Å²) in [7, 11) is 1.68. The van der Waals surface area contributed by atoms with Gasteiger partial charge in [-0.1, -0.05) is 6.92 Å². The lowest BCUT2D eigenvalue weighted by atomic mass is 9.77. The molecule has 2 unspecified atom stereocenters. The van der Waals surface area contributed by atoms with Crippen molar-refractivity contribution < 1.29 is 9.72 Å². The van der Waals surface area contributed by atoms with E-state index in [4.69, 9.17) is 0 Å². The smallest absolute Gasteiger partial charge is 0.293 e. The molecule has 7 heteroatoms. The van der Waals surface area contributed by atoms with Crippen molar-refractivity contribution in [3.05, 3.63) is 27.8 Å². The van der Waals surface area contributed by atoms with E-state index in [0.717, 1.165) is 44.5 Å². The second kappa shape index (κ2) is 7.60. The van der Waals surface area contributed by atoms with Gasteiger partial charge in [-0.05, 0) is 62.3 Å². The van der Waals surface area contributed by atoms with Gasteiger partial charge in [0.2, 0.25) is 0 Å². The maximum atomic E-state index is 13.1. The summed E-state index contributed by atoms with van der Waals surface area (Å²) in [4.78, 5) is 26.5. The minimum absolute atomic E-state index is 0.0455. The first-order chi connectivity index (χ1) is 13.5. The Morgan fingerprint density at radius 1 is 1.11 bits per heavy atom. The van der Waals surface area contributed by atoms with Crippen LogP contribution >= 0.6 is 0 Å². The molecular weight excluding hydrogens is 356 g/mol. The molecule has 1 aliphatic heterocycles. The third-order valence-electron chi connectivity index (χ3n) is 7.00. The second-order valence-electron chi connectivity index (χ2n) is 8.83. The van der Waals surface area contributed by atoms with E-state index in [9.17, 15) is 14.9 Å². The minimum Gasteiger partial charge on any atom is -0.383 e. The minimum atomic E-state index is -0.414. The second-order valence-corrected chi connectivity index (χ2v) is 8.83. The Hall–Kier alpha value is -2.31. The lowest BCUT2D eigenvalue weighted by Crippen LogP contribution is -2.38. The fraction of sp³-hybridized carbons (Fsp3) is 0.667. The van der Waals surface area contributed by atoms with Crippen molar-refractivity contribution in [2.75, 3.05) is 30.4 Å². The van der Waals surface area contributed by atoms with Gasteiger partial charge in [0.1, 0.15) is 5.69 Å². The molecule has 1 saturated heterocycles. The number of nitrogens with zero attached hydrogens (tertiary/aromatic N) is 2. The van der Waals surface area contributed by atoms with E-state index in [2.05, 4.69) is 22.5 Å². The van der Waals surface area contributed by atoms with Crippen LogP contribution in [0.5, 0.6) is 0 Å². The van der Waals surface area contributed by atoms with Crippen LogP contribution in [0.2, 0.25) is 0 Å². The average Bonchev–Trinajstić information content (AvgIpc) is 2.96. The zero-order valence-corrected chi connectivity index (χ0v) is 16.7. The molecule has 7 nitrogen and oxygen atoms in total. The molecule has 1 amide bonds. The highest BCUT2D eigenvalue weighted by Crippen LogP contribution is 2.44. The monoisotopic (exact) mass is 386 g/mol. The number of benzene rings is 1. The molecule has 1 aromatic rings. The van der Waals surface area contributed by atoms with Crippen molar-refractivity contribution in [1.29, 1.82) is 0 Å². The van der Waals surface area contributed by atoms with Crippen LogP contribution in [0.3, 0.4) is 0 Å². The van der Waals surface area contributed by atoms with Crippen LogP contribution < -0.4 is 15.5 Å². The van der Waals surface area contributed by atoms with Gasteiger partial charge in [0.15, 0.2) is 0 Å². The van der Waals surface area contributed by atoms with Gasteiger partial charge < -0.3 is 15.5 Å². The first-order valence-corrected chi connectivity index (χ1v) is 10.5. The molecule has 28 heavy (non-hydrogen) atoms. The molecule has 2 saturated carbocycles. The molecule has 2 atom stereocenters. The van der Waals surface area contributed by atoms with E-state index in [0.29, 0.717) is 29.0 Å². The summed E-state index contributed by atoms with van der Waals surface area (Å²) in [5.41, 5.74) is 1.68. The third kappa shape index (κ3) is 3.54. The van der Waals surface area contributed by atoms with Gasteiger partial charge in [-0.15, -0.1) is 0 Å². The molecule has 2 N–H and O–H groups in total. The standard InChI is InChI=1S/C21H30N4O3/c1-13-3-7-16(8-4-13)23-21(26)17-9-20(25(27)28)18(22-2)10-19(17)24-11-14-5-6-15(14)12-24/h9-10,13-16,22H,3-8,11-12H2,1-2H3,(H,23,26). The SMILES string of the molecule is CNc1cc(N2CC3CCC3C2)c(C(=O)NC2CCC(C)CC2)cc1[N+](=O)[O-]. The number of rotatable bonds is 5. The van der Waals surface area contributed by atoms with E-state index >= 15 is 0 Å². The van der Waals surface area contributed by atoms with Gasteiger partial charge >= 0.3 is 0 Å². The summed E-state index contributed by atoms with van der Waals surface area (Å²) >= 11 is 0. The first kappa shape index (κ1) is 19.0. The van der Waals surface area contributed by atoms with Crippen molar-refractivity contribution in [3.63, 3.8) is 0 Å². The molecular formula is C21H30N4O3. The van der Waals surface area contributed by atoms with Crippen molar-refractivity contribution in [2.45, 2.75) is 51.5 Å². The molecule has 0 radical (unpaired) electrons. The Balaban J connectivity index is 1.63. The summed E-state index contributed by atoms with van der Waals surface area (Å²) in [6, 6.07) is 3.41. The van der Waals surface area contributed by atoms with Crippen LogP contribution in [-0.4, -0.2) is 37.0 Å². The molecule has 1 heterocycles. The van der Waals surface area contributed by atoms with Crippen LogP contribution in [0, 0.1) is 27.9 Å². The number of nitrogens with one attached hydrogen (secondary N) is 2. The number of carbonyl (C=O) groups is 1. The highest BCUT2D eigenvalue weighted by Gasteiger charge is 2.40. The number of hydrogen-bond acceptors (Lipinski definition) is 5. The van der Waals surface area contributed by atoms with Crippen LogP contribution in [0.25, 0.3) is 0 Å². The molecule has 1 aromatic carbocycles. The van der Waals surface area contributed by atoms with Gasteiger partial charge in [-0.2, -0.15) is 0 Å². The summed E-state index contributed by atoms with van der Waals surface area (Å²) in [5.74, 6) is 1.92. The lowest BCUT2D eigenvalue weighted by molar-refractivity contribution is -0.383. The molecule has 0 aromatic heterocycles. The molecule has 4 rings (SSSR count). The highest BCUT2D eigenvalue weighted by atomic mass is 16.6. The van der Waals surface area contributed by atoms with Gasteiger partial charge in [0.25, 0.3) is 11.6 Å². The Morgan fingerprint density at radius 2 is 1.75 bits per heavy atom. The van der Waals surface area contributed by atoms with Gasteiger partial charge in [0, 0.05) is 32.2 Å². The summed E-state index contributed by atoms with van der Waals surface area (Å²) < 4.78 is 0. The molecule has 152 valence electrons. The van der Waals surface area contributed by atoms with Gasteiger partial charge in [-0.3, -0.25) is 14.9 Å². The van der Waals surface area contributed by atoms with Crippen molar-refractivity contribution in [1.82, 2.24) is 5.32 Å². The van der Waals surface area contributed by atoms with E-state index in [1.165, 1.54) is 18.9 Å². The zero-order valence-electron chi connectivity index (χ0n) is 16.7. The van der Waals surface area contributed by atoms with E-state index in [1.54, 1.807) is 13.1 Å². The molecule has 2 aliphatic carbocycles. The summed E-state index contributed by atoms with van der Waals surface area (Å²) in [5, 5.41) is 17.6. The van der Waals surface area contributed by atoms with Crippen LogP contribution in [0.15, 0.2) is 12.1 Å². The summed E-state index contributed by atoms with van der Waals surface area (Å²) in [6.07, 6.45) is 6.68.